The second-order valence-electron chi connectivity index (χ2n) is 7.23. The largest absolute Gasteiger partial charge is 0.421 e. The van der Waals surface area contributed by atoms with Crippen molar-refractivity contribution in [2.75, 3.05) is 0 Å². The molecule has 1 unspecified atom stereocenters. The van der Waals surface area contributed by atoms with E-state index in [0.717, 1.165) is 26.6 Å². The topological polar surface area (TPSA) is 72.0 Å². The van der Waals surface area contributed by atoms with Gasteiger partial charge in [0.1, 0.15) is 5.69 Å². The van der Waals surface area contributed by atoms with Crippen LogP contribution in [0.1, 0.15) is 29.0 Å². The summed E-state index contributed by atoms with van der Waals surface area (Å²) in [6, 6.07) is 12.9. The fourth-order valence-electron chi connectivity index (χ4n) is 3.23. The van der Waals surface area contributed by atoms with Gasteiger partial charge in [-0.2, -0.15) is 13.2 Å². The van der Waals surface area contributed by atoms with Crippen molar-refractivity contribution in [2.24, 2.45) is 5.73 Å². The standard InChI is InChI=1S/C22H17ClF3N3OS.ClH/c1-21(30,22(24,25)26)13-7-9-28-16(11-13)19-20-12(6-8-29-19)10-17(31-20)18(27)14-4-2-3-5-15(14)23;/h2-11,18,30H,27H2,1H3;1H/t18-,21?;/m1./s1. The highest BCUT2D eigenvalue weighted by atomic mass is 35.5. The van der Waals surface area contributed by atoms with E-state index < -0.39 is 17.8 Å². The molecule has 3 heterocycles. The summed E-state index contributed by atoms with van der Waals surface area (Å²) >= 11 is 7.66. The molecule has 0 aliphatic heterocycles. The number of aliphatic hydroxyl groups is 1. The molecular weight excluding hydrogens is 482 g/mol. The minimum Gasteiger partial charge on any atom is -0.376 e. The molecule has 0 radical (unpaired) electrons. The first-order valence-electron chi connectivity index (χ1n) is 9.24. The van der Waals surface area contributed by atoms with E-state index in [2.05, 4.69) is 9.97 Å². The summed E-state index contributed by atoms with van der Waals surface area (Å²) in [5.41, 5.74) is 4.53. The number of thiophene rings is 1. The van der Waals surface area contributed by atoms with Crippen LogP contribution in [-0.2, 0) is 5.60 Å². The van der Waals surface area contributed by atoms with Crippen LogP contribution >= 0.6 is 35.3 Å². The summed E-state index contributed by atoms with van der Waals surface area (Å²) in [7, 11) is 0. The second kappa shape index (κ2) is 8.96. The van der Waals surface area contributed by atoms with Gasteiger partial charge in [0, 0.05) is 22.3 Å². The maximum atomic E-state index is 13.3. The predicted octanol–water partition coefficient (Wildman–Crippen LogP) is 6.25. The van der Waals surface area contributed by atoms with Gasteiger partial charge in [-0.25, -0.2) is 0 Å². The van der Waals surface area contributed by atoms with E-state index in [1.54, 1.807) is 18.3 Å². The van der Waals surface area contributed by atoms with Gasteiger partial charge in [-0.05, 0) is 53.8 Å². The molecule has 168 valence electrons. The first kappa shape index (κ1) is 24.4. The molecule has 4 aromatic rings. The number of hydrogen-bond acceptors (Lipinski definition) is 5. The molecule has 3 aromatic heterocycles. The van der Waals surface area contributed by atoms with Crippen molar-refractivity contribution < 1.29 is 18.3 Å². The zero-order valence-electron chi connectivity index (χ0n) is 16.6. The summed E-state index contributed by atoms with van der Waals surface area (Å²) in [6.45, 7) is 0.714. The van der Waals surface area contributed by atoms with Gasteiger partial charge in [-0.1, -0.05) is 29.8 Å². The van der Waals surface area contributed by atoms with E-state index in [4.69, 9.17) is 17.3 Å². The Hall–Kier alpha value is -2.23. The molecular formula is C22H18Cl2F3N3OS. The minimum absolute atomic E-state index is 0. The molecule has 4 rings (SSSR count). The molecule has 1 aromatic carbocycles. The Balaban J connectivity index is 0.00000289. The number of aromatic nitrogens is 2. The highest BCUT2D eigenvalue weighted by molar-refractivity contribution is 7.19. The van der Waals surface area contributed by atoms with E-state index in [1.807, 2.05) is 24.3 Å². The lowest BCUT2D eigenvalue weighted by atomic mass is 9.95. The lowest BCUT2D eigenvalue weighted by Crippen LogP contribution is -2.39. The van der Waals surface area contributed by atoms with Crippen LogP contribution < -0.4 is 5.73 Å². The van der Waals surface area contributed by atoms with Crippen LogP contribution in [0.2, 0.25) is 5.02 Å². The maximum Gasteiger partial charge on any atom is 0.421 e. The summed E-state index contributed by atoms with van der Waals surface area (Å²) in [5.74, 6) is 0. The monoisotopic (exact) mass is 499 g/mol. The van der Waals surface area contributed by atoms with E-state index in [-0.39, 0.29) is 23.7 Å². The minimum atomic E-state index is -4.83. The molecule has 2 atom stereocenters. The van der Waals surface area contributed by atoms with Crippen molar-refractivity contribution in [1.29, 1.82) is 0 Å². The SMILES string of the molecule is CC(O)(c1ccnc(-c2nccc3cc([C@H](N)c4ccccc4Cl)sc23)c1)C(F)(F)F.Cl. The summed E-state index contributed by atoms with van der Waals surface area (Å²) < 4.78 is 40.6. The van der Waals surface area contributed by atoms with Crippen LogP contribution in [0.25, 0.3) is 21.5 Å². The first-order chi connectivity index (χ1) is 14.6. The van der Waals surface area contributed by atoms with Crippen LogP contribution in [0.5, 0.6) is 0 Å². The van der Waals surface area contributed by atoms with Crippen molar-refractivity contribution in [3.8, 4) is 11.4 Å². The predicted molar refractivity (Wildman–Crippen MR) is 123 cm³/mol. The van der Waals surface area contributed by atoms with Gasteiger partial charge in [0.25, 0.3) is 0 Å². The molecule has 3 N–H and O–H groups in total. The molecule has 32 heavy (non-hydrogen) atoms. The van der Waals surface area contributed by atoms with E-state index in [9.17, 15) is 18.3 Å². The molecule has 0 fully saturated rings. The first-order valence-corrected chi connectivity index (χ1v) is 10.4. The summed E-state index contributed by atoms with van der Waals surface area (Å²) in [4.78, 5) is 9.37. The average Bonchev–Trinajstić information content (AvgIpc) is 3.17. The number of hydrogen-bond donors (Lipinski definition) is 2. The third kappa shape index (κ3) is 4.33. The lowest BCUT2D eigenvalue weighted by Gasteiger charge is -2.26. The van der Waals surface area contributed by atoms with Crippen LogP contribution in [0.3, 0.4) is 0 Å². The number of nitrogens with zero attached hydrogens (tertiary/aromatic N) is 2. The second-order valence-corrected chi connectivity index (χ2v) is 8.72. The van der Waals surface area contributed by atoms with Crippen LogP contribution in [0, 0.1) is 0 Å². The third-order valence-electron chi connectivity index (χ3n) is 5.12. The van der Waals surface area contributed by atoms with Gasteiger partial charge in [0.15, 0.2) is 5.60 Å². The quantitative estimate of drug-likeness (QED) is 0.348. The Morgan fingerprint density at radius 2 is 1.75 bits per heavy atom. The molecule has 10 heteroatoms. The third-order valence-corrected chi connectivity index (χ3v) is 6.70. The molecule has 0 spiro atoms. The van der Waals surface area contributed by atoms with Gasteiger partial charge in [0.2, 0.25) is 0 Å². The van der Waals surface area contributed by atoms with E-state index >= 15 is 0 Å². The Kier molecular flexibility index (Phi) is 6.83. The molecule has 4 nitrogen and oxygen atoms in total. The molecule has 0 amide bonds. The van der Waals surface area contributed by atoms with Crippen molar-refractivity contribution in [3.05, 3.63) is 82.0 Å². The zero-order chi connectivity index (χ0) is 22.4. The van der Waals surface area contributed by atoms with Crippen molar-refractivity contribution in [3.63, 3.8) is 0 Å². The average molecular weight is 500 g/mol. The molecule has 0 bridgehead atoms. The highest BCUT2D eigenvalue weighted by Crippen LogP contribution is 2.41. The molecule has 0 saturated heterocycles. The Morgan fingerprint density at radius 1 is 1.06 bits per heavy atom. The Morgan fingerprint density at radius 3 is 2.44 bits per heavy atom. The number of alkyl halides is 3. The smallest absolute Gasteiger partial charge is 0.376 e. The van der Waals surface area contributed by atoms with E-state index in [0.29, 0.717) is 17.6 Å². The van der Waals surface area contributed by atoms with Crippen molar-refractivity contribution >= 4 is 45.4 Å². The van der Waals surface area contributed by atoms with Gasteiger partial charge >= 0.3 is 6.18 Å². The fraction of sp³-hybridized carbons (Fsp3) is 0.182. The number of pyridine rings is 2. The molecule has 0 aliphatic rings. The van der Waals surface area contributed by atoms with Crippen molar-refractivity contribution in [2.45, 2.75) is 24.7 Å². The summed E-state index contributed by atoms with van der Waals surface area (Å²) in [6.07, 6.45) is -2.04. The number of nitrogens with two attached hydrogens (primary N) is 1. The number of fused-ring (bicyclic) bond motifs is 1. The van der Waals surface area contributed by atoms with Gasteiger partial charge in [-0.15, -0.1) is 23.7 Å². The molecule has 0 saturated carbocycles. The number of halogens is 5. The number of rotatable bonds is 4. The van der Waals surface area contributed by atoms with Crippen LogP contribution in [0.15, 0.2) is 60.9 Å². The Bertz CT molecular complexity index is 1260. The lowest BCUT2D eigenvalue weighted by molar-refractivity contribution is -0.258. The van der Waals surface area contributed by atoms with Crippen LogP contribution in [0.4, 0.5) is 13.2 Å². The van der Waals surface area contributed by atoms with Gasteiger partial charge in [0.05, 0.1) is 16.4 Å². The van der Waals surface area contributed by atoms with Gasteiger partial charge < -0.3 is 10.8 Å². The normalized spacial score (nSPS) is 14.6. The molecule has 0 aliphatic carbocycles. The Labute approximate surface area is 197 Å². The zero-order valence-corrected chi connectivity index (χ0v) is 19.0. The fourth-order valence-corrected chi connectivity index (χ4v) is 4.66. The van der Waals surface area contributed by atoms with Crippen molar-refractivity contribution in [1.82, 2.24) is 9.97 Å². The summed E-state index contributed by atoms with van der Waals surface area (Å²) in [5, 5.41) is 11.4. The van der Waals surface area contributed by atoms with Crippen LogP contribution in [-0.4, -0.2) is 21.3 Å². The van der Waals surface area contributed by atoms with E-state index in [1.165, 1.54) is 23.6 Å². The maximum absolute atomic E-state index is 13.3. The highest BCUT2D eigenvalue weighted by Gasteiger charge is 2.51. The van der Waals surface area contributed by atoms with Gasteiger partial charge in [-0.3, -0.25) is 9.97 Å². The number of benzene rings is 1.